The second-order valence-corrected chi connectivity index (χ2v) is 5.42. The van der Waals surface area contributed by atoms with E-state index < -0.39 is 5.82 Å². The SMILES string of the molecule is Cc1ccc2c(c1)CCCN2C(=O)c1cc(F)ccc1N. The molecule has 0 saturated heterocycles. The van der Waals surface area contributed by atoms with Crippen LogP contribution in [0.2, 0.25) is 0 Å². The third kappa shape index (κ3) is 2.49. The average Bonchev–Trinajstić information content (AvgIpc) is 2.48. The summed E-state index contributed by atoms with van der Waals surface area (Å²) in [4.78, 5) is 14.4. The Bertz CT molecular complexity index is 712. The van der Waals surface area contributed by atoms with Gasteiger partial charge in [0.1, 0.15) is 5.82 Å². The molecule has 4 heteroatoms. The Morgan fingerprint density at radius 2 is 2.05 bits per heavy atom. The molecule has 108 valence electrons. The molecule has 1 amide bonds. The predicted molar refractivity (Wildman–Crippen MR) is 82.0 cm³/mol. The zero-order valence-corrected chi connectivity index (χ0v) is 11.9. The van der Waals surface area contributed by atoms with Crippen LogP contribution in [0.15, 0.2) is 36.4 Å². The summed E-state index contributed by atoms with van der Waals surface area (Å²) < 4.78 is 13.4. The molecule has 0 radical (unpaired) electrons. The lowest BCUT2D eigenvalue weighted by molar-refractivity contribution is 0.0985. The van der Waals surface area contributed by atoms with E-state index in [9.17, 15) is 9.18 Å². The van der Waals surface area contributed by atoms with Crippen LogP contribution in [-0.4, -0.2) is 12.5 Å². The van der Waals surface area contributed by atoms with E-state index in [0.717, 1.165) is 24.1 Å². The third-order valence-electron chi connectivity index (χ3n) is 3.84. The number of rotatable bonds is 1. The van der Waals surface area contributed by atoms with Crippen molar-refractivity contribution >= 4 is 17.3 Å². The van der Waals surface area contributed by atoms with E-state index in [1.54, 1.807) is 4.90 Å². The van der Waals surface area contributed by atoms with Gasteiger partial charge in [-0.25, -0.2) is 4.39 Å². The number of anilines is 2. The lowest BCUT2D eigenvalue weighted by atomic mass is 9.98. The molecule has 0 fully saturated rings. The van der Waals surface area contributed by atoms with E-state index in [-0.39, 0.29) is 11.5 Å². The lowest BCUT2D eigenvalue weighted by Gasteiger charge is -2.30. The highest BCUT2D eigenvalue weighted by Crippen LogP contribution is 2.30. The summed E-state index contributed by atoms with van der Waals surface area (Å²) >= 11 is 0. The number of nitrogens with zero attached hydrogens (tertiary/aromatic N) is 1. The Morgan fingerprint density at radius 1 is 1.24 bits per heavy atom. The first-order valence-corrected chi connectivity index (χ1v) is 7.02. The summed E-state index contributed by atoms with van der Waals surface area (Å²) in [5, 5.41) is 0. The van der Waals surface area contributed by atoms with E-state index in [1.165, 1.54) is 23.8 Å². The maximum absolute atomic E-state index is 13.4. The maximum Gasteiger partial charge on any atom is 0.260 e. The molecule has 0 bridgehead atoms. The summed E-state index contributed by atoms with van der Waals surface area (Å²) in [6, 6.07) is 9.95. The van der Waals surface area contributed by atoms with Crippen molar-refractivity contribution in [1.82, 2.24) is 0 Å². The Labute approximate surface area is 123 Å². The number of nitrogens with two attached hydrogens (primary N) is 1. The fourth-order valence-electron chi connectivity index (χ4n) is 2.80. The van der Waals surface area contributed by atoms with Gasteiger partial charge in [0.15, 0.2) is 0 Å². The zero-order chi connectivity index (χ0) is 15.0. The number of halogens is 1. The number of carbonyl (C=O) groups excluding carboxylic acids is 1. The van der Waals surface area contributed by atoms with Crippen molar-refractivity contribution in [2.24, 2.45) is 0 Å². The van der Waals surface area contributed by atoms with Crippen LogP contribution in [-0.2, 0) is 6.42 Å². The Kier molecular flexibility index (Phi) is 3.37. The monoisotopic (exact) mass is 284 g/mol. The van der Waals surface area contributed by atoms with Crippen LogP contribution in [0.5, 0.6) is 0 Å². The molecular weight excluding hydrogens is 267 g/mol. The zero-order valence-electron chi connectivity index (χ0n) is 11.9. The van der Waals surface area contributed by atoms with Crippen molar-refractivity contribution in [3.8, 4) is 0 Å². The average molecular weight is 284 g/mol. The molecule has 1 aliphatic heterocycles. The van der Waals surface area contributed by atoms with E-state index in [1.807, 2.05) is 19.1 Å². The van der Waals surface area contributed by atoms with E-state index in [2.05, 4.69) is 6.07 Å². The van der Waals surface area contributed by atoms with Crippen LogP contribution in [0, 0.1) is 12.7 Å². The Hall–Kier alpha value is -2.36. The van der Waals surface area contributed by atoms with Crippen LogP contribution in [0.1, 0.15) is 27.9 Å². The number of amides is 1. The van der Waals surface area contributed by atoms with E-state index >= 15 is 0 Å². The standard InChI is InChI=1S/C17H17FN2O/c1-11-4-7-16-12(9-11)3-2-8-20(16)17(21)14-10-13(18)5-6-15(14)19/h4-7,9-10H,2-3,8,19H2,1H3. The summed E-state index contributed by atoms with van der Waals surface area (Å²) in [5.41, 5.74) is 9.59. The quantitative estimate of drug-likeness (QED) is 0.817. The minimum atomic E-state index is -0.450. The topological polar surface area (TPSA) is 46.3 Å². The molecular formula is C17H17FN2O. The molecule has 2 aromatic rings. The van der Waals surface area contributed by atoms with Gasteiger partial charge in [-0.1, -0.05) is 17.7 Å². The molecule has 0 aliphatic carbocycles. The number of aryl methyl sites for hydroxylation is 2. The van der Waals surface area contributed by atoms with E-state index in [0.29, 0.717) is 12.2 Å². The summed E-state index contributed by atoms with van der Waals surface area (Å²) in [6.07, 6.45) is 1.86. The van der Waals surface area contributed by atoms with Crippen molar-refractivity contribution < 1.29 is 9.18 Å². The number of benzene rings is 2. The highest BCUT2D eigenvalue weighted by Gasteiger charge is 2.25. The van der Waals surface area contributed by atoms with Crippen LogP contribution in [0.25, 0.3) is 0 Å². The van der Waals surface area contributed by atoms with Gasteiger partial charge in [-0.15, -0.1) is 0 Å². The molecule has 0 atom stereocenters. The van der Waals surface area contributed by atoms with Gasteiger partial charge < -0.3 is 10.6 Å². The van der Waals surface area contributed by atoms with Gasteiger partial charge in [0.2, 0.25) is 0 Å². The largest absolute Gasteiger partial charge is 0.398 e. The van der Waals surface area contributed by atoms with Gasteiger partial charge >= 0.3 is 0 Å². The van der Waals surface area contributed by atoms with Gasteiger partial charge in [0, 0.05) is 17.9 Å². The molecule has 0 saturated carbocycles. The normalized spacial score (nSPS) is 13.9. The molecule has 21 heavy (non-hydrogen) atoms. The molecule has 2 aromatic carbocycles. The first-order valence-electron chi connectivity index (χ1n) is 7.02. The number of nitrogen functional groups attached to an aromatic ring is 1. The third-order valence-corrected chi connectivity index (χ3v) is 3.84. The Morgan fingerprint density at radius 3 is 2.86 bits per heavy atom. The minimum absolute atomic E-state index is 0.225. The van der Waals surface area contributed by atoms with Crippen molar-refractivity contribution in [2.75, 3.05) is 17.2 Å². The summed E-state index contributed by atoms with van der Waals surface area (Å²) in [7, 11) is 0. The number of fused-ring (bicyclic) bond motifs is 1. The highest BCUT2D eigenvalue weighted by molar-refractivity contribution is 6.09. The lowest BCUT2D eigenvalue weighted by Crippen LogP contribution is -2.36. The van der Waals surface area contributed by atoms with Crippen LogP contribution in [0.4, 0.5) is 15.8 Å². The van der Waals surface area contributed by atoms with Gasteiger partial charge in [-0.2, -0.15) is 0 Å². The summed E-state index contributed by atoms with van der Waals surface area (Å²) in [5.74, 6) is -0.689. The first-order chi connectivity index (χ1) is 10.1. The van der Waals surface area contributed by atoms with Gasteiger partial charge in [-0.05, 0) is 49.6 Å². The fourth-order valence-corrected chi connectivity index (χ4v) is 2.80. The van der Waals surface area contributed by atoms with Crippen molar-refractivity contribution in [3.63, 3.8) is 0 Å². The highest BCUT2D eigenvalue weighted by atomic mass is 19.1. The van der Waals surface area contributed by atoms with Crippen LogP contribution in [0.3, 0.4) is 0 Å². The molecule has 0 unspecified atom stereocenters. The van der Waals surface area contributed by atoms with Crippen LogP contribution >= 0.6 is 0 Å². The predicted octanol–water partition coefficient (Wildman–Crippen LogP) is 3.31. The first kappa shape index (κ1) is 13.6. The molecule has 2 N–H and O–H groups in total. The second-order valence-electron chi connectivity index (χ2n) is 5.42. The van der Waals surface area contributed by atoms with E-state index in [4.69, 9.17) is 5.73 Å². The second kappa shape index (κ2) is 5.20. The fraction of sp³-hybridized carbons (Fsp3) is 0.235. The van der Waals surface area contributed by atoms with Gasteiger partial charge in [0.25, 0.3) is 5.91 Å². The van der Waals surface area contributed by atoms with Crippen molar-refractivity contribution in [3.05, 3.63) is 58.9 Å². The van der Waals surface area contributed by atoms with Gasteiger partial charge in [-0.3, -0.25) is 4.79 Å². The Balaban J connectivity index is 2.02. The molecule has 0 spiro atoms. The molecule has 0 aromatic heterocycles. The molecule has 3 nitrogen and oxygen atoms in total. The summed E-state index contributed by atoms with van der Waals surface area (Å²) in [6.45, 7) is 2.66. The van der Waals surface area contributed by atoms with Crippen LogP contribution < -0.4 is 10.6 Å². The molecule has 1 aliphatic rings. The number of hydrogen-bond donors (Lipinski definition) is 1. The maximum atomic E-state index is 13.4. The smallest absolute Gasteiger partial charge is 0.260 e. The van der Waals surface area contributed by atoms with Crippen molar-refractivity contribution in [1.29, 1.82) is 0 Å². The van der Waals surface area contributed by atoms with Crippen molar-refractivity contribution in [2.45, 2.75) is 19.8 Å². The molecule has 1 heterocycles. The van der Waals surface area contributed by atoms with Gasteiger partial charge in [0.05, 0.1) is 5.56 Å². The minimum Gasteiger partial charge on any atom is -0.398 e. The number of hydrogen-bond acceptors (Lipinski definition) is 2. The molecule has 3 rings (SSSR count). The number of carbonyl (C=O) groups is 1.